The number of hydrogen-bond acceptors (Lipinski definition) is 3. The lowest BCUT2D eigenvalue weighted by molar-refractivity contribution is -0.275. The summed E-state index contributed by atoms with van der Waals surface area (Å²) < 4.78 is 47.1. The molecule has 0 radical (unpaired) electrons. The Morgan fingerprint density at radius 1 is 1.20 bits per heavy atom. The van der Waals surface area contributed by atoms with E-state index in [4.69, 9.17) is 4.74 Å². The Balaban J connectivity index is 3.16. The van der Waals surface area contributed by atoms with Gasteiger partial charge in [-0.05, 0) is 33.9 Å². The van der Waals surface area contributed by atoms with Crippen molar-refractivity contribution in [2.75, 3.05) is 13.7 Å². The molecule has 114 valence electrons. The highest BCUT2D eigenvalue weighted by atomic mass is 19.4. The minimum absolute atomic E-state index is 0.216. The van der Waals surface area contributed by atoms with Gasteiger partial charge in [-0.25, -0.2) is 0 Å². The van der Waals surface area contributed by atoms with Crippen LogP contribution < -0.4 is 10.1 Å². The van der Waals surface area contributed by atoms with E-state index in [2.05, 4.69) is 10.1 Å². The van der Waals surface area contributed by atoms with E-state index < -0.39 is 18.0 Å². The van der Waals surface area contributed by atoms with Crippen LogP contribution in [0.5, 0.6) is 5.75 Å². The van der Waals surface area contributed by atoms with Crippen LogP contribution in [-0.4, -0.2) is 25.6 Å². The van der Waals surface area contributed by atoms with Crippen LogP contribution in [0.15, 0.2) is 24.3 Å². The van der Waals surface area contributed by atoms with Crippen molar-refractivity contribution in [3.63, 3.8) is 0 Å². The molecule has 0 heterocycles. The molecule has 1 aromatic rings. The Morgan fingerprint density at radius 2 is 1.80 bits per heavy atom. The second-order valence-corrected chi connectivity index (χ2v) is 4.84. The van der Waals surface area contributed by atoms with Crippen molar-refractivity contribution < 1.29 is 22.6 Å². The molecule has 0 saturated heterocycles. The van der Waals surface area contributed by atoms with Crippen molar-refractivity contribution in [1.82, 2.24) is 5.32 Å². The first-order chi connectivity index (χ1) is 9.21. The van der Waals surface area contributed by atoms with Crippen molar-refractivity contribution >= 4 is 0 Å². The van der Waals surface area contributed by atoms with Gasteiger partial charge in [-0.2, -0.15) is 0 Å². The second kappa shape index (κ2) is 6.45. The van der Waals surface area contributed by atoms with E-state index in [0.717, 1.165) is 0 Å². The molecule has 1 rings (SSSR count). The lowest BCUT2D eigenvalue weighted by Gasteiger charge is -2.35. The molecule has 1 aromatic carbocycles. The fourth-order valence-corrected chi connectivity index (χ4v) is 2.27. The van der Waals surface area contributed by atoms with Crippen molar-refractivity contribution in [3.8, 4) is 5.75 Å². The van der Waals surface area contributed by atoms with Gasteiger partial charge in [0.2, 0.25) is 0 Å². The summed E-state index contributed by atoms with van der Waals surface area (Å²) in [4.78, 5) is 0. The third kappa shape index (κ3) is 4.38. The van der Waals surface area contributed by atoms with Crippen molar-refractivity contribution in [1.29, 1.82) is 0 Å². The van der Waals surface area contributed by atoms with Gasteiger partial charge >= 0.3 is 6.36 Å². The van der Waals surface area contributed by atoms with Gasteiger partial charge in [0.15, 0.2) is 0 Å². The summed E-state index contributed by atoms with van der Waals surface area (Å²) >= 11 is 0. The molecule has 0 bridgehead atoms. The Labute approximate surface area is 117 Å². The quantitative estimate of drug-likeness (QED) is 0.867. The van der Waals surface area contributed by atoms with Gasteiger partial charge in [-0.1, -0.05) is 18.2 Å². The number of likely N-dealkylation sites (N-methyl/N-ethyl adjacent to an activating group) is 1. The predicted octanol–water partition coefficient (Wildman–Crippen LogP) is 3.66. The van der Waals surface area contributed by atoms with Crippen LogP contribution in [0.4, 0.5) is 13.2 Å². The highest BCUT2D eigenvalue weighted by molar-refractivity contribution is 5.37. The van der Waals surface area contributed by atoms with Gasteiger partial charge in [0, 0.05) is 12.2 Å². The number of para-hydroxylation sites is 1. The van der Waals surface area contributed by atoms with E-state index in [0.29, 0.717) is 12.2 Å². The molecular formula is C14H20F3NO2. The zero-order valence-corrected chi connectivity index (χ0v) is 12.0. The van der Waals surface area contributed by atoms with E-state index in [-0.39, 0.29) is 5.75 Å². The zero-order chi connectivity index (χ0) is 15.4. The first-order valence-corrected chi connectivity index (χ1v) is 6.37. The summed E-state index contributed by atoms with van der Waals surface area (Å²) in [6.07, 6.45) is -4.72. The molecule has 1 unspecified atom stereocenters. The molecule has 0 aliphatic rings. The maximum atomic E-state index is 12.5. The molecule has 1 N–H and O–H groups in total. The van der Waals surface area contributed by atoms with Gasteiger partial charge in [-0.15, -0.1) is 13.2 Å². The van der Waals surface area contributed by atoms with Crippen molar-refractivity contribution in [3.05, 3.63) is 29.8 Å². The van der Waals surface area contributed by atoms with E-state index in [1.807, 2.05) is 20.8 Å². The molecule has 3 nitrogen and oxygen atoms in total. The lowest BCUT2D eigenvalue weighted by Crippen LogP contribution is -2.40. The smallest absolute Gasteiger partial charge is 0.405 e. The summed E-state index contributed by atoms with van der Waals surface area (Å²) in [5.74, 6) is -0.216. The third-order valence-electron chi connectivity index (χ3n) is 2.96. The van der Waals surface area contributed by atoms with E-state index >= 15 is 0 Å². The number of hydrogen-bond donors (Lipinski definition) is 1. The normalized spacial score (nSPS) is 14.2. The summed E-state index contributed by atoms with van der Waals surface area (Å²) in [6, 6.07) is 5.65. The van der Waals surface area contributed by atoms with E-state index in [1.165, 1.54) is 12.1 Å². The highest BCUT2D eigenvalue weighted by Crippen LogP contribution is 2.36. The molecule has 0 aliphatic heterocycles. The molecule has 0 aromatic heterocycles. The van der Waals surface area contributed by atoms with Crippen LogP contribution >= 0.6 is 0 Å². The van der Waals surface area contributed by atoms with E-state index in [1.54, 1.807) is 19.2 Å². The van der Waals surface area contributed by atoms with Gasteiger partial charge < -0.3 is 14.8 Å². The summed E-state index contributed by atoms with van der Waals surface area (Å²) in [6.45, 7) is 5.95. The van der Waals surface area contributed by atoms with Crippen LogP contribution in [0, 0.1) is 0 Å². The Hall–Kier alpha value is -1.27. The van der Waals surface area contributed by atoms with Gasteiger partial charge in [0.25, 0.3) is 0 Å². The standard InChI is InChI=1S/C14H20F3NO2/c1-5-19-13(2,3)12(18-4)10-8-6-7-9-11(10)20-14(15,16)17/h6-9,12,18H,5H2,1-4H3. The first-order valence-electron chi connectivity index (χ1n) is 6.37. The van der Waals surface area contributed by atoms with E-state index in [9.17, 15) is 13.2 Å². The van der Waals surface area contributed by atoms with Crippen LogP contribution in [0.3, 0.4) is 0 Å². The Morgan fingerprint density at radius 3 is 2.30 bits per heavy atom. The first kappa shape index (κ1) is 16.8. The predicted molar refractivity (Wildman–Crippen MR) is 70.6 cm³/mol. The fourth-order valence-electron chi connectivity index (χ4n) is 2.27. The Bertz CT molecular complexity index is 433. The lowest BCUT2D eigenvalue weighted by atomic mass is 9.91. The third-order valence-corrected chi connectivity index (χ3v) is 2.96. The SMILES string of the molecule is CCOC(C)(C)C(NC)c1ccccc1OC(F)(F)F. The second-order valence-electron chi connectivity index (χ2n) is 4.84. The minimum Gasteiger partial charge on any atom is -0.405 e. The zero-order valence-electron chi connectivity index (χ0n) is 12.0. The van der Waals surface area contributed by atoms with Crippen LogP contribution in [-0.2, 0) is 4.74 Å². The van der Waals surface area contributed by atoms with Crippen LogP contribution in [0.2, 0.25) is 0 Å². The van der Waals surface area contributed by atoms with Crippen molar-refractivity contribution in [2.45, 2.75) is 38.8 Å². The van der Waals surface area contributed by atoms with Gasteiger partial charge in [-0.3, -0.25) is 0 Å². The molecule has 0 amide bonds. The number of ether oxygens (including phenoxy) is 2. The Kier molecular flexibility index (Phi) is 5.42. The minimum atomic E-state index is -4.72. The summed E-state index contributed by atoms with van der Waals surface area (Å²) in [5.41, 5.74) is -0.264. The molecule has 0 aliphatic carbocycles. The molecule has 1 atom stereocenters. The average molecular weight is 291 g/mol. The topological polar surface area (TPSA) is 30.5 Å². The molecule has 0 saturated carbocycles. The fraction of sp³-hybridized carbons (Fsp3) is 0.571. The molecule has 20 heavy (non-hydrogen) atoms. The number of benzene rings is 1. The number of halogens is 3. The maximum absolute atomic E-state index is 12.5. The maximum Gasteiger partial charge on any atom is 0.573 e. The molecule has 6 heteroatoms. The molecule has 0 fully saturated rings. The monoisotopic (exact) mass is 291 g/mol. The number of nitrogens with one attached hydrogen (secondary N) is 1. The van der Waals surface area contributed by atoms with Crippen LogP contribution in [0.25, 0.3) is 0 Å². The summed E-state index contributed by atoms with van der Waals surface area (Å²) in [5, 5.41) is 3.00. The molecule has 0 spiro atoms. The van der Waals surface area contributed by atoms with Crippen LogP contribution in [0.1, 0.15) is 32.4 Å². The van der Waals surface area contributed by atoms with Crippen molar-refractivity contribution in [2.24, 2.45) is 0 Å². The average Bonchev–Trinajstić information content (AvgIpc) is 2.29. The number of alkyl halides is 3. The van der Waals surface area contributed by atoms with Gasteiger partial charge in [0.05, 0.1) is 11.6 Å². The largest absolute Gasteiger partial charge is 0.573 e. The molecular weight excluding hydrogens is 271 g/mol. The summed E-state index contributed by atoms with van der Waals surface area (Å²) in [7, 11) is 1.68. The highest BCUT2D eigenvalue weighted by Gasteiger charge is 2.36. The number of rotatable bonds is 6. The van der Waals surface area contributed by atoms with Gasteiger partial charge in [0.1, 0.15) is 5.75 Å².